The average molecular weight is 380 g/mol. The maximum absolute atomic E-state index is 12.1. The van der Waals surface area contributed by atoms with Gasteiger partial charge in [-0.1, -0.05) is 0 Å². The van der Waals surface area contributed by atoms with E-state index in [4.69, 9.17) is 4.74 Å². The van der Waals surface area contributed by atoms with Crippen LogP contribution in [0.3, 0.4) is 0 Å². The zero-order valence-corrected chi connectivity index (χ0v) is 15.3. The van der Waals surface area contributed by atoms with E-state index in [0.717, 1.165) is 34.6 Å². The highest BCUT2D eigenvalue weighted by Crippen LogP contribution is 2.19. The van der Waals surface area contributed by atoms with E-state index < -0.39 is 0 Å². The Morgan fingerprint density at radius 2 is 2.00 bits per heavy atom. The summed E-state index contributed by atoms with van der Waals surface area (Å²) in [6.07, 6.45) is 0.831. The second-order valence-corrected chi connectivity index (χ2v) is 6.07. The maximum atomic E-state index is 12.1. The van der Waals surface area contributed by atoms with Gasteiger partial charge >= 0.3 is 0 Å². The Hall–Kier alpha value is -1.82. The van der Waals surface area contributed by atoms with E-state index in [1.54, 1.807) is 12.1 Å². The van der Waals surface area contributed by atoms with Crippen molar-refractivity contribution in [2.45, 2.75) is 33.7 Å². The second-order valence-electron chi connectivity index (χ2n) is 5.27. The fraction of sp³-hybridized carbons (Fsp3) is 0.412. The quantitative estimate of drug-likeness (QED) is 0.749. The predicted octanol–water partition coefficient (Wildman–Crippen LogP) is 3.48. The number of ether oxygens (including phenoxy) is 1. The molecule has 2 rings (SSSR count). The van der Waals surface area contributed by atoms with Crippen LogP contribution in [0.1, 0.15) is 35.1 Å². The summed E-state index contributed by atoms with van der Waals surface area (Å²) >= 11 is 3.52. The molecule has 0 aliphatic heterocycles. The highest BCUT2D eigenvalue weighted by atomic mass is 79.9. The molecule has 1 aromatic heterocycles. The van der Waals surface area contributed by atoms with E-state index in [0.29, 0.717) is 18.7 Å². The summed E-state index contributed by atoms with van der Waals surface area (Å²) in [5.41, 5.74) is 2.74. The van der Waals surface area contributed by atoms with Crippen LogP contribution in [-0.4, -0.2) is 28.8 Å². The first-order valence-electron chi connectivity index (χ1n) is 7.73. The van der Waals surface area contributed by atoms with E-state index in [1.807, 2.05) is 37.6 Å². The van der Waals surface area contributed by atoms with Crippen LogP contribution in [-0.2, 0) is 6.54 Å². The highest BCUT2D eigenvalue weighted by Gasteiger charge is 2.09. The van der Waals surface area contributed by atoms with Crippen LogP contribution >= 0.6 is 15.9 Å². The van der Waals surface area contributed by atoms with Crippen LogP contribution in [0.25, 0.3) is 0 Å². The van der Waals surface area contributed by atoms with Crippen LogP contribution in [0.4, 0.5) is 0 Å². The van der Waals surface area contributed by atoms with E-state index in [1.165, 1.54) is 0 Å². The Balaban J connectivity index is 1.79. The molecule has 0 bridgehead atoms. The van der Waals surface area contributed by atoms with Crippen molar-refractivity contribution in [2.75, 3.05) is 13.2 Å². The molecule has 0 unspecified atom stereocenters. The molecular formula is C17H22BrN3O2. The second kappa shape index (κ2) is 8.15. The summed E-state index contributed by atoms with van der Waals surface area (Å²) in [7, 11) is 0. The maximum Gasteiger partial charge on any atom is 0.251 e. The lowest BCUT2D eigenvalue weighted by Crippen LogP contribution is -2.25. The van der Waals surface area contributed by atoms with Crippen LogP contribution in [0.5, 0.6) is 5.75 Å². The van der Waals surface area contributed by atoms with Gasteiger partial charge in [-0.05, 0) is 67.4 Å². The van der Waals surface area contributed by atoms with E-state index in [-0.39, 0.29) is 5.91 Å². The SMILES string of the molecule is CCOc1ccc(C(=O)NCCCn2nc(C)c(Br)c2C)cc1. The number of amides is 1. The zero-order valence-electron chi connectivity index (χ0n) is 13.7. The molecule has 0 fully saturated rings. The van der Waals surface area contributed by atoms with Gasteiger partial charge in [-0.2, -0.15) is 5.10 Å². The van der Waals surface area contributed by atoms with Crippen molar-refractivity contribution in [3.05, 3.63) is 45.7 Å². The van der Waals surface area contributed by atoms with Crippen molar-refractivity contribution in [3.63, 3.8) is 0 Å². The van der Waals surface area contributed by atoms with E-state index in [2.05, 4.69) is 26.3 Å². The molecule has 0 aliphatic rings. The largest absolute Gasteiger partial charge is 0.494 e. The van der Waals surface area contributed by atoms with Gasteiger partial charge in [0.25, 0.3) is 5.91 Å². The Kier molecular flexibility index (Phi) is 6.21. The Bertz CT molecular complexity index is 665. The first-order chi connectivity index (χ1) is 11.0. The third kappa shape index (κ3) is 4.58. The molecular weight excluding hydrogens is 358 g/mol. The molecule has 1 heterocycles. The fourth-order valence-electron chi connectivity index (χ4n) is 2.29. The summed E-state index contributed by atoms with van der Waals surface area (Å²) in [4.78, 5) is 12.1. The van der Waals surface area contributed by atoms with Gasteiger partial charge in [0.2, 0.25) is 0 Å². The number of aromatic nitrogens is 2. The Labute approximate surface area is 145 Å². The molecule has 0 spiro atoms. The summed E-state index contributed by atoms with van der Waals surface area (Å²) in [5, 5.41) is 7.38. The topological polar surface area (TPSA) is 56.1 Å². The summed E-state index contributed by atoms with van der Waals surface area (Å²) in [6.45, 7) is 7.95. The van der Waals surface area contributed by atoms with Crippen molar-refractivity contribution in [3.8, 4) is 5.75 Å². The molecule has 0 aliphatic carbocycles. The van der Waals surface area contributed by atoms with Crippen LogP contribution < -0.4 is 10.1 Å². The number of carbonyl (C=O) groups is 1. The number of carbonyl (C=O) groups excluding carboxylic acids is 1. The number of hydrogen-bond acceptors (Lipinski definition) is 3. The smallest absolute Gasteiger partial charge is 0.251 e. The first kappa shape index (κ1) is 17.5. The number of rotatable bonds is 7. The van der Waals surface area contributed by atoms with Gasteiger partial charge in [0.1, 0.15) is 5.75 Å². The molecule has 0 atom stereocenters. The predicted molar refractivity (Wildman–Crippen MR) is 94.0 cm³/mol. The molecule has 5 nitrogen and oxygen atoms in total. The number of aryl methyl sites for hydroxylation is 2. The number of halogens is 1. The standard InChI is InChI=1S/C17H22BrN3O2/c1-4-23-15-8-6-14(7-9-15)17(22)19-10-5-11-21-13(3)16(18)12(2)20-21/h6-9H,4-5,10-11H2,1-3H3,(H,19,22). The van der Waals surface area contributed by atoms with E-state index >= 15 is 0 Å². The number of nitrogens with zero attached hydrogens (tertiary/aromatic N) is 2. The van der Waals surface area contributed by atoms with Crippen molar-refractivity contribution in [1.82, 2.24) is 15.1 Å². The van der Waals surface area contributed by atoms with Crippen LogP contribution in [0, 0.1) is 13.8 Å². The molecule has 0 saturated carbocycles. The first-order valence-corrected chi connectivity index (χ1v) is 8.52. The molecule has 2 aromatic rings. The lowest BCUT2D eigenvalue weighted by molar-refractivity contribution is 0.0952. The monoisotopic (exact) mass is 379 g/mol. The minimum Gasteiger partial charge on any atom is -0.494 e. The lowest BCUT2D eigenvalue weighted by atomic mass is 10.2. The van der Waals surface area contributed by atoms with Gasteiger partial charge in [-0.3, -0.25) is 9.48 Å². The molecule has 6 heteroatoms. The fourth-order valence-corrected chi connectivity index (χ4v) is 2.58. The Morgan fingerprint density at radius 1 is 1.30 bits per heavy atom. The Morgan fingerprint density at radius 3 is 2.57 bits per heavy atom. The molecule has 0 radical (unpaired) electrons. The highest BCUT2D eigenvalue weighted by molar-refractivity contribution is 9.10. The van der Waals surface area contributed by atoms with Crippen molar-refractivity contribution < 1.29 is 9.53 Å². The van der Waals surface area contributed by atoms with Gasteiger partial charge in [-0.25, -0.2) is 0 Å². The molecule has 124 valence electrons. The van der Waals surface area contributed by atoms with Crippen LogP contribution in [0.2, 0.25) is 0 Å². The molecule has 23 heavy (non-hydrogen) atoms. The van der Waals surface area contributed by atoms with Gasteiger partial charge in [-0.15, -0.1) is 0 Å². The summed E-state index contributed by atoms with van der Waals surface area (Å²) in [5.74, 6) is 0.710. The molecule has 1 N–H and O–H groups in total. The normalized spacial score (nSPS) is 10.6. The average Bonchev–Trinajstić information content (AvgIpc) is 2.79. The van der Waals surface area contributed by atoms with Crippen molar-refractivity contribution in [2.24, 2.45) is 0 Å². The lowest BCUT2D eigenvalue weighted by Gasteiger charge is -2.08. The van der Waals surface area contributed by atoms with Gasteiger partial charge in [0.05, 0.1) is 16.8 Å². The molecule has 0 saturated heterocycles. The minimum atomic E-state index is -0.0670. The summed E-state index contributed by atoms with van der Waals surface area (Å²) < 4.78 is 8.38. The number of nitrogens with one attached hydrogen (secondary N) is 1. The van der Waals surface area contributed by atoms with Crippen LogP contribution in [0.15, 0.2) is 28.7 Å². The van der Waals surface area contributed by atoms with Gasteiger partial charge in [0.15, 0.2) is 0 Å². The molecule has 1 amide bonds. The third-order valence-electron chi connectivity index (χ3n) is 3.55. The van der Waals surface area contributed by atoms with Crippen molar-refractivity contribution >= 4 is 21.8 Å². The zero-order chi connectivity index (χ0) is 16.8. The van der Waals surface area contributed by atoms with Crippen molar-refractivity contribution in [1.29, 1.82) is 0 Å². The summed E-state index contributed by atoms with van der Waals surface area (Å²) in [6, 6.07) is 7.18. The third-order valence-corrected chi connectivity index (χ3v) is 4.70. The minimum absolute atomic E-state index is 0.0670. The number of hydrogen-bond donors (Lipinski definition) is 1. The van der Waals surface area contributed by atoms with E-state index in [9.17, 15) is 4.79 Å². The molecule has 1 aromatic carbocycles. The van der Waals surface area contributed by atoms with Gasteiger partial charge in [0, 0.05) is 24.3 Å². The van der Waals surface area contributed by atoms with Gasteiger partial charge < -0.3 is 10.1 Å². The number of benzene rings is 1.